The zero-order chi connectivity index (χ0) is 57.7. The SMILES string of the molecule is C.C.CC(C)(C)C1=NCC(=O)N1.CC(C)(C)C1CC=NN1.CC(C)(C)c1ccc[nH]1.CC(C)(C)c1ccc[nH]1.CC(C)(C)c1ccccc1O.CC(C)(C)c1ccn[nH]1.CC(C)(C)c1ncc[nH]1.CC(C)(C)c1nn[nH]n1. The van der Waals surface area contributed by atoms with Gasteiger partial charge in [0, 0.05) is 93.2 Å². The summed E-state index contributed by atoms with van der Waals surface area (Å²) in [6, 6.07) is 18.3. The molecule has 16 heteroatoms. The Hall–Kier alpha value is -6.32. The van der Waals surface area contributed by atoms with Crippen molar-refractivity contribution in [3.63, 3.8) is 0 Å². The van der Waals surface area contributed by atoms with E-state index in [1.165, 1.54) is 17.1 Å². The average Bonchev–Trinajstić information content (AvgIpc) is 4.12. The molecule has 2 aliphatic heterocycles. The van der Waals surface area contributed by atoms with Gasteiger partial charge in [0.05, 0.1) is 6.04 Å². The van der Waals surface area contributed by atoms with E-state index in [4.69, 9.17) is 0 Å². The number of hydrogen-bond donors (Lipinski definition) is 8. The number of hydrazone groups is 1. The highest BCUT2D eigenvalue weighted by molar-refractivity contribution is 6.06. The van der Waals surface area contributed by atoms with Gasteiger partial charge in [-0.1, -0.05) is 204 Å². The minimum absolute atomic E-state index is 0. The lowest BCUT2D eigenvalue weighted by atomic mass is 9.86. The summed E-state index contributed by atoms with van der Waals surface area (Å²) in [5.74, 6) is 2.99. The molecule has 2 aliphatic rings. The van der Waals surface area contributed by atoms with Crippen molar-refractivity contribution in [2.75, 3.05) is 6.54 Å². The molecule has 0 bridgehead atoms. The van der Waals surface area contributed by atoms with Gasteiger partial charge in [-0.15, -0.1) is 10.2 Å². The Bertz CT molecular complexity index is 2200. The number of H-pyrrole nitrogens is 5. The molecule has 1 amide bonds. The number of imidazole rings is 1. The van der Waals surface area contributed by atoms with Gasteiger partial charge in [0.25, 0.3) is 0 Å². The van der Waals surface area contributed by atoms with Crippen LogP contribution in [0.3, 0.4) is 0 Å². The Labute approximate surface area is 466 Å². The number of aromatic hydroxyl groups is 1. The van der Waals surface area contributed by atoms with Crippen molar-refractivity contribution < 1.29 is 9.90 Å². The van der Waals surface area contributed by atoms with E-state index >= 15 is 0 Å². The Morgan fingerprint density at radius 2 is 1.09 bits per heavy atom. The van der Waals surface area contributed by atoms with E-state index in [0.29, 0.717) is 23.8 Å². The third-order valence-corrected chi connectivity index (χ3v) is 11.1. The fourth-order valence-electron chi connectivity index (χ4n) is 6.22. The first-order valence-corrected chi connectivity index (χ1v) is 26.1. The van der Waals surface area contributed by atoms with Gasteiger partial charge in [-0.25, -0.2) is 4.98 Å². The molecule has 0 saturated carbocycles. The molecule has 8 N–H and O–H groups in total. The van der Waals surface area contributed by atoms with Crippen LogP contribution in [0.5, 0.6) is 5.75 Å². The van der Waals surface area contributed by atoms with Crippen molar-refractivity contribution in [2.45, 2.75) is 226 Å². The maximum absolute atomic E-state index is 10.7. The molecule has 1 unspecified atom stereocenters. The zero-order valence-electron chi connectivity index (χ0n) is 50.6. The summed E-state index contributed by atoms with van der Waals surface area (Å²) in [6.45, 7) is 51.4. The van der Waals surface area contributed by atoms with E-state index in [2.05, 4.69) is 208 Å². The Morgan fingerprint density at radius 1 is 0.558 bits per heavy atom. The number of amidine groups is 1. The van der Waals surface area contributed by atoms with Gasteiger partial charge in [0.1, 0.15) is 24.0 Å². The highest BCUT2D eigenvalue weighted by Crippen LogP contribution is 2.30. The van der Waals surface area contributed by atoms with E-state index < -0.39 is 0 Å². The molecule has 0 spiro atoms. The van der Waals surface area contributed by atoms with Gasteiger partial charge >= 0.3 is 0 Å². The zero-order valence-corrected chi connectivity index (χ0v) is 50.6. The molecule has 1 aromatic carbocycles. The molecule has 0 fully saturated rings. The molecule has 0 aliphatic carbocycles. The van der Waals surface area contributed by atoms with Gasteiger partial charge in [0.15, 0.2) is 5.82 Å². The van der Waals surface area contributed by atoms with Crippen LogP contribution >= 0.6 is 0 Å². The second-order valence-electron chi connectivity index (χ2n) is 26.9. The second kappa shape index (κ2) is 31.2. The molecular weight excluding hydrogens is 961 g/mol. The predicted molar refractivity (Wildman–Crippen MR) is 326 cm³/mol. The molecular formula is C61H108N14O2. The number of phenols is 1. The van der Waals surface area contributed by atoms with Crippen LogP contribution < -0.4 is 10.7 Å². The first-order chi connectivity index (χ1) is 34.1. The number of aromatic nitrogens is 10. The third-order valence-electron chi connectivity index (χ3n) is 11.1. The predicted octanol–water partition coefficient (Wildman–Crippen LogP) is 14.4. The number of hydrogen-bond acceptors (Lipinski definition) is 10. The molecule has 8 rings (SSSR count). The van der Waals surface area contributed by atoms with Crippen molar-refractivity contribution in [1.29, 1.82) is 0 Å². The van der Waals surface area contributed by atoms with E-state index in [9.17, 15) is 9.90 Å². The van der Waals surface area contributed by atoms with E-state index in [-0.39, 0.29) is 58.7 Å². The molecule has 0 saturated heterocycles. The van der Waals surface area contributed by atoms with Crippen LogP contribution in [-0.4, -0.2) is 86.4 Å². The van der Waals surface area contributed by atoms with Gasteiger partial charge < -0.3 is 30.8 Å². The van der Waals surface area contributed by atoms with Crippen molar-refractivity contribution in [2.24, 2.45) is 20.9 Å². The van der Waals surface area contributed by atoms with Gasteiger partial charge in [-0.2, -0.15) is 15.4 Å². The van der Waals surface area contributed by atoms with Gasteiger partial charge in [-0.3, -0.25) is 14.9 Å². The van der Waals surface area contributed by atoms with Crippen LogP contribution in [0.1, 0.15) is 222 Å². The van der Waals surface area contributed by atoms with Crippen LogP contribution in [0, 0.1) is 10.8 Å². The standard InChI is InChI=1S/C10H14O.2C8H13N.C7H12N2O.C7H12N2.C7H14N2.C7H12N2.C5H10N4.2CH4/c1-10(2,3)8-6-4-5-7-9(8)11;2*1-8(2,3)7-5-4-6-9-7;1-7(2,3)6-8-4-5(10)9-6;1-7(2,3)6-8-4-5-9-6;2*1-7(2,3)6-4-5-8-9-6;1-5(2,3)4-6-8-9-7-4;;/h4-7,11H,1-3H3;2*4-6,9H,1-3H3;4H2,1-3H3,(H,8,9,10);4-5H,1-3H3,(H,8,9);5-6,9H,4H2,1-3H3;4-5H,1-3H3,(H,8,9);1-3H3,(H,6,7,8,9);2*1H4. The molecule has 16 nitrogen and oxygen atoms in total. The van der Waals surface area contributed by atoms with Crippen LogP contribution in [0.15, 0.2) is 95.7 Å². The fourth-order valence-corrected chi connectivity index (χ4v) is 6.22. The van der Waals surface area contributed by atoms with Crippen molar-refractivity contribution in [3.8, 4) is 5.75 Å². The summed E-state index contributed by atoms with van der Waals surface area (Å²) in [6.07, 6.45) is 12.3. The first kappa shape index (κ1) is 72.8. The number of carbonyl (C=O) groups is 1. The first-order valence-electron chi connectivity index (χ1n) is 26.1. The third kappa shape index (κ3) is 29.7. The lowest BCUT2D eigenvalue weighted by Gasteiger charge is -2.25. The Balaban J connectivity index is 0. The lowest BCUT2D eigenvalue weighted by Crippen LogP contribution is -2.34. The summed E-state index contributed by atoms with van der Waals surface area (Å²) in [5, 5.41) is 36.4. The van der Waals surface area contributed by atoms with Gasteiger partial charge in [0.2, 0.25) is 5.91 Å². The number of rotatable bonds is 0. The smallest absolute Gasteiger partial charge is 0.247 e. The number of nitrogens with zero attached hydrogens (tertiary/aromatic N) is 7. The molecule has 0 radical (unpaired) electrons. The van der Waals surface area contributed by atoms with Crippen LogP contribution in [0.4, 0.5) is 0 Å². The minimum Gasteiger partial charge on any atom is -0.508 e. The number of phenolic OH excluding ortho intramolecular Hbond substituents is 1. The molecule has 6 aromatic rings. The van der Waals surface area contributed by atoms with E-state index in [1.54, 1.807) is 18.5 Å². The summed E-state index contributed by atoms with van der Waals surface area (Å²) >= 11 is 0. The number of para-hydroxylation sites is 1. The molecule has 5 aromatic heterocycles. The molecule has 7 heterocycles. The number of benzene rings is 1. The normalized spacial score (nSPS) is 14.1. The summed E-state index contributed by atoms with van der Waals surface area (Å²) < 4.78 is 0. The Kier molecular flexibility index (Phi) is 29.5. The van der Waals surface area contributed by atoms with E-state index in [1.807, 2.05) is 103 Å². The van der Waals surface area contributed by atoms with Gasteiger partial charge in [-0.05, 0) is 52.8 Å². The van der Waals surface area contributed by atoms with Crippen LogP contribution in [-0.2, 0) is 37.3 Å². The monoisotopic (exact) mass is 1070 g/mol. The van der Waals surface area contributed by atoms with Crippen molar-refractivity contribution in [1.82, 2.24) is 61.5 Å². The highest BCUT2D eigenvalue weighted by Gasteiger charge is 2.26. The number of tetrazole rings is 1. The highest BCUT2D eigenvalue weighted by atomic mass is 16.3. The molecule has 434 valence electrons. The quantitative estimate of drug-likeness (QED) is 0.0728. The second-order valence-corrected chi connectivity index (χ2v) is 26.9. The number of nitrogens with one attached hydrogen (secondary N) is 7. The van der Waals surface area contributed by atoms with Crippen LogP contribution in [0.2, 0.25) is 0 Å². The maximum Gasteiger partial charge on any atom is 0.247 e. The summed E-state index contributed by atoms with van der Waals surface area (Å²) in [5.41, 5.74) is 9.09. The lowest BCUT2D eigenvalue weighted by molar-refractivity contribution is -0.117. The number of carbonyl (C=O) groups excluding carboxylic acids is 1. The number of amides is 1. The minimum atomic E-state index is -0.0217. The molecule has 1 atom stereocenters. The average molecular weight is 1070 g/mol. The maximum atomic E-state index is 10.7. The largest absolute Gasteiger partial charge is 0.508 e. The number of aromatic amines is 5. The summed E-state index contributed by atoms with van der Waals surface area (Å²) in [4.78, 5) is 28.3. The van der Waals surface area contributed by atoms with E-state index in [0.717, 1.165) is 29.5 Å². The van der Waals surface area contributed by atoms with Crippen LogP contribution in [0.25, 0.3) is 0 Å². The van der Waals surface area contributed by atoms with Crippen molar-refractivity contribution >= 4 is 18.0 Å². The number of aliphatic imine (C=N–C) groups is 1. The van der Waals surface area contributed by atoms with Crippen molar-refractivity contribution in [3.05, 3.63) is 120 Å². The Morgan fingerprint density at radius 3 is 1.30 bits per heavy atom. The summed E-state index contributed by atoms with van der Waals surface area (Å²) in [7, 11) is 0. The fraction of sp³-hybridized carbons (Fsp3) is 0.607. The molecule has 77 heavy (non-hydrogen) atoms. The topological polar surface area (TPSA) is 229 Å².